The third kappa shape index (κ3) is 5.51. The Hall–Kier alpha value is -3.31. The number of benzene rings is 1. The maximum absolute atomic E-state index is 4.92. The number of aryl methyl sites for hydroxylation is 3. The maximum atomic E-state index is 4.92. The van der Waals surface area contributed by atoms with E-state index >= 15 is 0 Å². The molecule has 0 aliphatic carbocycles. The molecule has 0 bridgehead atoms. The van der Waals surface area contributed by atoms with Gasteiger partial charge in [0.15, 0.2) is 0 Å². The van der Waals surface area contributed by atoms with E-state index in [0.717, 1.165) is 32.2 Å². The highest BCUT2D eigenvalue weighted by Crippen LogP contribution is 2.46. The number of pyridine rings is 2. The standard InChI is InChI=1S/C30H35N5/c1-22-8-6-15-32-29(22)27-18-25(13-12-24-10-4-3-5-11-24)19-28(30-23(2)9-7-16-33-30)35(27)17-14-26-20-31-21-34-26/h3-11,15-16,20-21,25,27-28H,12-14,17-19H2,1-2H3,(H,31,34)/t25-,27-,28+. The van der Waals surface area contributed by atoms with Gasteiger partial charge in [-0.3, -0.25) is 14.9 Å². The van der Waals surface area contributed by atoms with Crippen molar-refractivity contribution < 1.29 is 0 Å². The van der Waals surface area contributed by atoms with Crippen molar-refractivity contribution >= 4 is 0 Å². The lowest BCUT2D eigenvalue weighted by Crippen LogP contribution is -2.42. The van der Waals surface area contributed by atoms with E-state index < -0.39 is 0 Å². The highest BCUT2D eigenvalue weighted by Gasteiger charge is 2.39. The van der Waals surface area contributed by atoms with Gasteiger partial charge in [0, 0.05) is 37.3 Å². The van der Waals surface area contributed by atoms with Gasteiger partial charge in [0.2, 0.25) is 0 Å². The van der Waals surface area contributed by atoms with E-state index in [1.807, 2.05) is 30.7 Å². The second-order valence-electron chi connectivity index (χ2n) is 9.87. The van der Waals surface area contributed by atoms with Gasteiger partial charge in [0.25, 0.3) is 0 Å². The Bertz CT molecular complexity index is 1150. The lowest BCUT2D eigenvalue weighted by atomic mass is 9.79. The number of aromatic nitrogens is 4. The Kier molecular flexibility index (Phi) is 7.34. The molecule has 3 aromatic heterocycles. The first-order valence-corrected chi connectivity index (χ1v) is 12.8. The molecule has 0 spiro atoms. The fraction of sp³-hybridized carbons (Fsp3) is 0.367. The second kappa shape index (κ2) is 11.0. The maximum Gasteiger partial charge on any atom is 0.0921 e. The van der Waals surface area contributed by atoms with Crippen LogP contribution in [-0.4, -0.2) is 31.4 Å². The number of nitrogens with one attached hydrogen (secondary N) is 1. The Labute approximate surface area is 208 Å². The van der Waals surface area contributed by atoms with Crippen LogP contribution in [0, 0.1) is 19.8 Å². The number of rotatable bonds is 8. The normalized spacial score (nSPS) is 20.7. The van der Waals surface area contributed by atoms with Crippen molar-refractivity contribution in [1.82, 2.24) is 24.8 Å². The van der Waals surface area contributed by atoms with Gasteiger partial charge in [-0.25, -0.2) is 4.98 Å². The predicted octanol–water partition coefficient (Wildman–Crippen LogP) is 6.19. The van der Waals surface area contributed by atoms with Crippen molar-refractivity contribution in [3.8, 4) is 0 Å². The Balaban J connectivity index is 1.49. The number of nitrogens with zero attached hydrogens (tertiary/aromatic N) is 4. The average molecular weight is 466 g/mol. The van der Waals surface area contributed by atoms with Gasteiger partial charge < -0.3 is 4.98 Å². The molecule has 0 saturated carbocycles. The van der Waals surface area contributed by atoms with Crippen LogP contribution in [0.1, 0.15) is 65.1 Å². The number of likely N-dealkylation sites (tertiary alicyclic amines) is 1. The molecule has 3 atom stereocenters. The molecule has 4 aromatic rings. The molecule has 1 aliphatic heterocycles. The first kappa shape index (κ1) is 23.4. The highest BCUT2D eigenvalue weighted by molar-refractivity contribution is 5.26. The van der Waals surface area contributed by atoms with Gasteiger partial charge in [-0.1, -0.05) is 42.5 Å². The lowest BCUT2D eigenvalue weighted by Gasteiger charge is -2.46. The quantitative estimate of drug-likeness (QED) is 0.337. The zero-order chi connectivity index (χ0) is 24.0. The smallest absolute Gasteiger partial charge is 0.0921 e. The van der Waals surface area contributed by atoms with E-state index in [-0.39, 0.29) is 12.1 Å². The van der Waals surface area contributed by atoms with Gasteiger partial charge in [0.1, 0.15) is 0 Å². The molecular formula is C30H35N5. The van der Waals surface area contributed by atoms with Crippen molar-refractivity contribution in [3.63, 3.8) is 0 Å². The van der Waals surface area contributed by atoms with Crippen LogP contribution in [-0.2, 0) is 12.8 Å². The van der Waals surface area contributed by atoms with Crippen LogP contribution in [0.25, 0.3) is 0 Å². The number of aromatic amines is 1. The average Bonchev–Trinajstić information content (AvgIpc) is 3.41. The van der Waals surface area contributed by atoms with E-state index in [1.54, 1.807) is 6.33 Å². The topological polar surface area (TPSA) is 57.7 Å². The van der Waals surface area contributed by atoms with Crippen molar-refractivity contribution in [1.29, 1.82) is 0 Å². The number of hydrogen-bond acceptors (Lipinski definition) is 4. The van der Waals surface area contributed by atoms with Crippen molar-refractivity contribution in [3.05, 3.63) is 113 Å². The predicted molar refractivity (Wildman–Crippen MR) is 140 cm³/mol. The van der Waals surface area contributed by atoms with Gasteiger partial charge >= 0.3 is 0 Å². The summed E-state index contributed by atoms with van der Waals surface area (Å²) in [6.07, 6.45) is 13.1. The minimum atomic E-state index is 0.264. The molecule has 1 aliphatic rings. The van der Waals surface area contributed by atoms with E-state index in [1.165, 1.54) is 40.2 Å². The summed E-state index contributed by atoms with van der Waals surface area (Å²) in [4.78, 5) is 20.0. The number of H-pyrrole nitrogens is 1. The first-order valence-electron chi connectivity index (χ1n) is 12.8. The van der Waals surface area contributed by atoms with Crippen LogP contribution in [0.4, 0.5) is 0 Å². The largest absolute Gasteiger partial charge is 0.348 e. The molecular weight excluding hydrogens is 430 g/mol. The summed E-state index contributed by atoms with van der Waals surface area (Å²) in [5.74, 6) is 0.608. The van der Waals surface area contributed by atoms with Crippen LogP contribution in [0.2, 0.25) is 0 Å². The summed E-state index contributed by atoms with van der Waals surface area (Å²) in [5, 5.41) is 0. The Morgan fingerprint density at radius 3 is 2.06 bits per heavy atom. The SMILES string of the molecule is Cc1cccnc1[C@H]1C[C@@H](CCc2ccccc2)C[C@@H](c2ncccc2C)N1CCc1cnc[nH]1. The van der Waals surface area contributed by atoms with Gasteiger partial charge in [-0.15, -0.1) is 0 Å². The monoisotopic (exact) mass is 465 g/mol. The summed E-state index contributed by atoms with van der Waals surface area (Å²) in [7, 11) is 0. The van der Waals surface area contributed by atoms with Crippen molar-refractivity contribution in [2.24, 2.45) is 5.92 Å². The molecule has 1 fully saturated rings. The number of piperidine rings is 1. The zero-order valence-corrected chi connectivity index (χ0v) is 20.8. The van der Waals surface area contributed by atoms with Crippen molar-refractivity contribution in [2.45, 2.75) is 58.0 Å². The molecule has 0 radical (unpaired) electrons. The summed E-state index contributed by atoms with van der Waals surface area (Å²) in [6.45, 7) is 5.34. The molecule has 5 heteroatoms. The van der Waals surface area contributed by atoms with Crippen LogP contribution < -0.4 is 0 Å². The molecule has 4 heterocycles. The van der Waals surface area contributed by atoms with Crippen molar-refractivity contribution in [2.75, 3.05) is 6.54 Å². The third-order valence-electron chi connectivity index (χ3n) is 7.52. The Morgan fingerprint density at radius 1 is 0.829 bits per heavy atom. The minimum absolute atomic E-state index is 0.264. The second-order valence-corrected chi connectivity index (χ2v) is 9.87. The molecule has 1 aromatic carbocycles. The summed E-state index contributed by atoms with van der Waals surface area (Å²) >= 11 is 0. The van der Waals surface area contributed by atoms with E-state index in [9.17, 15) is 0 Å². The first-order chi connectivity index (χ1) is 17.2. The van der Waals surface area contributed by atoms with E-state index in [2.05, 4.69) is 71.2 Å². The van der Waals surface area contributed by atoms with E-state index in [4.69, 9.17) is 9.97 Å². The van der Waals surface area contributed by atoms with Gasteiger partial charge in [-0.2, -0.15) is 0 Å². The van der Waals surface area contributed by atoms with Gasteiger partial charge in [-0.05, 0) is 74.3 Å². The Morgan fingerprint density at radius 2 is 1.49 bits per heavy atom. The van der Waals surface area contributed by atoms with Crippen LogP contribution >= 0.6 is 0 Å². The summed E-state index contributed by atoms with van der Waals surface area (Å²) in [5.41, 5.74) is 7.54. The molecule has 0 unspecified atom stereocenters. The fourth-order valence-corrected chi connectivity index (χ4v) is 5.68. The number of imidazole rings is 1. The molecule has 180 valence electrons. The van der Waals surface area contributed by atoms with Crippen LogP contribution in [0.15, 0.2) is 79.5 Å². The van der Waals surface area contributed by atoms with Crippen LogP contribution in [0.5, 0.6) is 0 Å². The minimum Gasteiger partial charge on any atom is -0.348 e. The van der Waals surface area contributed by atoms with E-state index in [0.29, 0.717) is 5.92 Å². The molecule has 1 saturated heterocycles. The summed E-state index contributed by atoms with van der Waals surface area (Å²) < 4.78 is 0. The molecule has 5 rings (SSSR count). The molecule has 5 nitrogen and oxygen atoms in total. The summed E-state index contributed by atoms with van der Waals surface area (Å²) in [6, 6.07) is 19.9. The molecule has 1 N–H and O–H groups in total. The highest BCUT2D eigenvalue weighted by atomic mass is 15.2. The third-order valence-corrected chi connectivity index (χ3v) is 7.52. The molecule has 35 heavy (non-hydrogen) atoms. The number of hydrogen-bond donors (Lipinski definition) is 1. The van der Waals surface area contributed by atoms with Crippen LogP contribution in [0.3, 0.4) is 0 Å². The molecule has 0 amide bonds. The fourth-order valence-electron chi connectivity index (χ4n) is 5.68. The lowest BCUT2D eigenvalue weighted by molar-refractivity contribution is 0.0428. The van der Waals surface area contributed by atoms with Gasteiger partial charge in [0.05, 0.1) is 29.8 Å². The zero-order valence-electron chi connectivity index (χ0n) is 20.8.